The molecule has 284 valence electrons. The molecule has 15 nitrogen and oxygen atoms in total. The second-order valence-corrected chi connectivity index (χ2v) is 14.3. The number of likely N-dealkylation sites (tertiary alicyclic amines) is 1. The average Bonchev–Trinajstić information content (AvgIpc) is 3.93. The average molecular weight is 732 g/mol. The summed E-state index contributed by atoms with van der Waals surface area (Å²) in [5, 5.41) is 8.35. The number of nitroso groups, excluding NO2 is 1. The van der Waals surface area contributed by atoms with E-state index in [1.165, 1.54) is 14.2 Å². The maximum atomic E-state index is 13.5. The van der Waals surface area contributed by atoms with Crippen molar-refractivity contribution in [2.24, 2.45) is 11.8 Å². The second-order valence-electron chi connectivity index (χ2n) is 14.3. The Balaban J connectivity index is 1.14. The first-order chi connectivity index (χ1) is 25.4. The SMILES string of the molecule is COC(=O)NC(C)C(C)CC1CCC(CNC(=O)c2ccc(-c3ccc(-c4cnc(C5CCCN5C(=O)C(NC(=O)OC)C(C)C)[nH]4)nc3)cc2)[N+]1=O. The Morgan fingerprint density at radius 3 is 2.23 bits per heavy atom. The summed E-state index contributed by atoms with van der Waals surface area (Å²) >= 11 is 0. The van der Waals surface area contributed by atoms with E-state index in [1.807, 2.05) is 52.0 Å². The van der Waals surface area contributed by atoms with E-state index in [0.29, 0.717) is 36.5 Å². The number of hydrogen-bond donors (Lipinski definition) is 4. The number of carbonyl (C=O) groups excluding carboxylic acids is 4. The number of aromatic nitrogens is 3. The lowest BCUT2D eigenvalue weighted by atomic mass is 9.94. The van der Waals surface area contributed by atoms with Crippen molar-refractivity contribution in [2.45, 2.75) is 90.0 Å². The fraction of sp³-hybridized carbons (Fsp3) is 0.526. The Labute approximate surface area is 309 Å². The number of imidazole rings is 1. The van der Waals surface area contributed by atoms with Gasteiger partial charge in [-0.3, -0.25) is 14.6 Å². The molecule has 0 saturated carbocycles. The van der Waals surface area contributed by atoms with Gasteiger partial charge in [-0.05, 0) is 55.4 Å². The van der Waals surface area contributed by atoms with Crippen LogP contribution in [-0.2, 0) is 14.3 Å². The minimum atomic E-state index is -0.709. The maximum Gasteiger partial charge on any atom is 0.407 e. The first-order valence-corrected chi connectivity index (χ1v) is 18.2. The van der Waals surface area contributed by atoms with E-state index < -0.39 is 18.2 Å². The summed E-state index contributed by atoms with van der Waals surface area (Å²) in [4.78, 5) is 77.2. The lowest BCUT2D eigenvalue weighted by Crippen LogP contribution is -2.51. The number of pyridine rings is 1. The van der Waals surface area contributed by atoms with Crippen molar-refractivity contribution in [2.75, 3.05) is 27.3 Å². The van der Waals surface area contributed by atoms with E-state index in [-0.39, 0.29) is 54.4 Å². The molecule has 4 amide bonds. The van der Waals surface area contributed by atoms with Gasteiger partial charge in [-0.15, -0.1) is 0 Å². The van der Waals surface area contributed by atoms with Crippen LogP contribution in [0.25, 0.3) is 22.5 Å². The lowest BCUT2D eigenvalue weighted by Gasteiger charge is -2.30. The van der Waals surface area contributed by atoms with E-state index >= 15 is 0 Å². The van der Waals surface area contributed by atoms with Crippen LogP contribution in [0.5, 0.6) is 0 Å². The Bertz CT molecular complexity index is 1760. The van der Waals surface area contributed by atoms with Crippen LogP contribution in [0.4, 0.5) is 9.59 Å². The predicted molar refractivity (Wildman–Crippen MR) is 197 cm³/mol. The Morgan fingerprint density at radius 2 is 1.57 bits per heavy atom. The van der Waals surface area contributed by atoms with Crippen LogP contribution < -0.4 is 16.0 Å². The van der Waals surface area contributed by atoms with Gasteiger partial charge in [0.2, 0.25) is 18.0 Å². The van der Waals surface area contributed by atoms with Crippen LogP contribution >= 0.6 is 0 Å². The molecule has 2 aliphatic heterocycles. The maximum absolute atomic E-state index is 13.5. The van der Waals surface area contributed by atoms with E-state index in [0.717, 1.165) is 40.8 Å². The summed E-state index contributed by atoms with van der Waals surface area (Å²) in [6, 6.07) is 9.50. The molecule has 2 saturated heterocycles. The number of hydrogen-bond acceptors (Lipinski definition) is 9. The van der Waals surface area contributed by atoms with Gasteiger partial charge in [0.15, 0.2) is 0 Å². The molecule has 2 aromatic heterocycles. The number of rotatable bonds is 13. The molecule has 2 fully saturated rings. The molecule has 6 atom stereocenters. The summed E-state index contributed by atoms with van der Waals surface area (Å²) in [6.45, 7) is 8.48. The summed E-state index contributed by atoms with van der Waals surface area (Å²) < 4.78 is 10.5. The van der Waals surface area contributed by atoms with Gasteiger partial charge in [-0.2, -0.15) is 0 Å². The van der Waals surface area contributed by atoms with Crippen molar-refractivity contribution in [3.63, 3.8) is 0 Å². The van der Waals surface area contributed by atoms with Crippen LogP contribution in [-0.4, -0.2) is 100 Å². The van der Waals surface area contributed by atoms with Crippen LogP contribution in [0.15, 0.2) is 48.8 Å². The molecule has 2 aliphatic rings. The van der Waals surface area contributed by atoms with Gasteiger partial charge in [0, 0.05) is 58.8 Å². The standard InChI is InChI=1S/C38H50N8O7/c1-22(2)33(44-38(50)53-6)36(48)45-17-7-8-32(45)34-40-21-31(43-34)30-16-13-27(19-39-30)25-9-11-26(12-10-25)35(47)41-20-29-15-14-28(46(29)51)18-23(3)24(4)42-37(49)52-5/h9-13,16,19,21-24,28-29,32-33H,7-8,14-15,17-18,20H2,1-6H3,(H3-,39,40,41,42,43,44,47,49,50)/p+1. The first-order valence-electron chi connectivity index (χ1n) is 18.2. The molecule has 0 aliphatic carbocycles. The highest BCUT2D eigenvalue weighted by Crippen LogP contribution is 2.33. The highest BCUT2D eigenvalue weighted by atomic mass is 16.5. The number of carbonyl (C=O) groups is 4. The number of alkyl carbamates (subject to hydrolysis) is 2. The van der Waals surface area contributed by atoms with Crippen LogP contribution in [0, 0.1) is 16.7 Å². The molecule has 0 bridgehead atoms. The summed E-state index contributed by atoms with van der Waals surface area (Å²) in [5.41, 5.74) is 3.66. The van der Waals surface area contributed by atoms with Crippen LogP contribution in [0.3, 0.4) is 0 Å². The normalized spacial score (nSPS) is 20.1. The quantitative estimate of drug-likeness (QED) is 0.176. The third kappa shape index (κ3) is 9.37. The summed E-state index contributed by atoms with van der Waals surface area (Å²) in [6.07, 6.45) is 5.97. The first kappa shape index (κ1) is 38.9. The van der Waals surface area contributed by atoms with Gasteiger partial charge in [0.05, 0.1) is 44.4 Å². The zero-order valence-electron chi connectivity index (χ0n) is 31.3. The minimum Gasteiger partial charge on any atom is -0.453 e. The van der Waals surface area contributed by atoms with E-state index in [2.05, 4.69) is 35.6 Å². The fourth-order valence-electron chi connectivity index (χ4n) is 7.05. The molecule has 53 heavy (non-hydrogen) atoms. The molecule has 15 heteroatoms. The number of methoxy groups -OCH3 is 2. The van der Waals surface area contributed by atoms with Crippen molar-refractivity contribution >= 4 is 24.0 Å². The smallest absolute Gasteiger partial charge is 0.407 e. The second kappa shape index (κ2) is 17.5. The molecule has 0 spiro atoms. The van der Waals surface area contributed by atoms with Gasteiger partial charge in [-0.25, -0.2) is 14.6 Å². The minimum absolute atomic E-state index is 0.0848. The molecule has 3 aromatic rings. The van der Waals surface area contributed by atoms with Crippen LogP contribution in [0.1, 0.15) is 82.0 Å². The molecule has 1 aromatic carbocycles. The number of amides is 4. The van der Waals surface area contributed by atoms with Crippen molar-refractivity contribution in [3.8, 4) is 22.5 Å². The van der Waals surface area contributed by atoms with Crippen molar-refractivity contribution < 1.29 is 33.4 Å². The number of aromatic amines is 1. The number of nitrogens with zero attached hydrogens (tertiary/aromatic N) is 4. The van der Waals surface area contributed by atoms with E-state index in [4.69, 9.17) is 4.74 Å². The molecule has 6 unspecified atom stereocenters. The molecule has 0 radical (unpaired) electrons. The predicted octanol–water partition coefficient (Wildman–Crippen LogP) is 4.99. The molecule has 4 N–H and O–H groups in total. The monoisotopic (exact) mass is 731 g/mol. The highest BCUT2D eigenvalue weighted by Gasteiger charge is 2.43. The molecular weight excluding hydrogens is 680 g/mol. The largest absolute Gasteiger partial charge is 0.453 e. The fourth-order valence-corrected chi connectivity index (χ4v) is 7.05. The summed E-state index contributed by atoms with van der Waals surface area (Å²) in [7, 11) is 2.60. The number of ether oxygens (including phenoxy) is 2. The Morgan fingerprint density at radius 1 is 0.887 bits per heavy atom. The van der Waals surface area contributed by atoms with E-state index in [1.54, 1.807) is 29.4 Å². The third-order valence-corrected chi connectivity index (χ3v) is 10.4. The Kier molecular flexibility index (Phi) is 12.8. The van der Waals surface area contributed by atoms with Crippen molar-refractivity contribution in [1.82, 2.24) is 35.8 Å². The number of nitrogens with one attached hydrogen (secondary N) is 4. The number of H-pyrrole nitrogens is 1. The molecular formula is C38H51N8O7+. The topological polar surface area (TPSA) is 188 Å². The van der Waals surface area contributed by atoms with Crippen molar-refractivity contribution in [3.05, 3.63) is 65.1 Å². The molecule has 4 heterocycles. The highest BCUT2D eigenvalue weighted by molar-refractivity contribution is 5.94. The lowest BCUT2D eigenvalue weighted by molar-refractivity contribution is -0.598. The van der Waals surface area contributed by atoms with Crippen molar-refractivity contribution in [1.29, 1.82) is 0 Å². The van der Waals surface area contributed by atoms with Gasteiger partial charge >= 0.3 is 12.2 Å². The third-order valence-electron chi connectivity index (χ3n) is 10.4. The van der Waals surface area contributed by atoms with Gasteiger partial charge < -0.3 is 35.3 Å². The van der Waals surface area contributed by atoms with Crippen LogP contribution in [0.2, 0.25) is 0 Å². The van der Waals surface area contributed by atoms with Gasteiger partial charge in [-0.1, -0.05) is 39.0 Å². The van der Waals surface area contributed by atoms with Gasteiger partial charge in [0.1, 0.15) is 11.9 Å². The zero-order valence-corrected chi connectivity index (χ0v) is 31.3. The molecule has 5 rings (SSSR count). The zero-order chi connectivity index (χ0) is 38.2. The number of benzene rings is 1. The van der Waals surface area contributed by atoms with Gasteiger partial charge in [0.25, 0.3) is 5.91 Å². The summed E-state index contributed by atoms with van der Waals surface area (Å²) in [5.74, 6) is 0.209. The Hall–Kier alpha value is -5.34. The van der Waals surface area contributed by atoms with E-state index in [9.17, 15) is 24.1 Å².